The number of nitrogens with zero attached hydrogens (tertiary/aromatic N) is 4. The molecule has 0 unspecified atom stereocenters. The van der Waals surface area contributed by atoms with Crippen LogP contribution in [-0.4, -0.2) is 31.1 Å². The second kappa shape index (κ2) is 9.04. The highest BCUT2D eigenvalue weighted by Crippen LogP contribution is 2.17. The van der Waals surface area contributed by atoms with Gasteiger partial charge in [0.1, 0.15) is 5.82 Å². The van der Waals surface area contributed by atoms with E-state index in [1.165, 1.54) is 0 Å². The number of aryl methyl sites for hydroxylation is 2. The molecule has 0 aliphatic rings. The molecule has 0 bridgehead atoms. The standard InChI is InChI=1S/C22H22N8O/c1-14-8-10-17(11-9-14)25-20(31)13-18-12-19(30-29-18)27-22-24-15(2)23-21(28-22)26-16-6-4-3-5-7-16/h3-12H,13H2,1-2H3,(H,25,31)(H3,23,24,26,27,28,29,30). The van der Waals surface area contributed by atoms with Crippen molar-refractivity contribution < 1.29 is 4.79 Å². The van der Waals surface area contributed by atoms with Gasteiger partial charge in [0.15, 0.2) is 5.82 Å². The maximum atomic E-state index is 12.3. The predicted molar refractivity (Wildman–Crippen MR) is 120 cm³/mol. The van der Waals surface area contributed by atoms with Gasteiger partial charge in [0.25, 0.3) is 0 Å². The van der Waals surface area contributed by atoms with Crippen LogP contribution in [0.25, 0.3) is 0 Å². The third kappa shape index (κ3) is 5.63. The molecule has 1 amide bonds. The summed E-state index contributed by atoms with van der Waals surface area (Å²) >= 11 is 0. The Bertz CT molecular complexity index is 1170. The molecular weight excluding hydrogens is 392 g/mol. The number of hydrogen-bond donors (Lipinski definition) is 4. The van der Waals surface area contributed by atoms with E-state index in [1.807, 2.05) is 61.5 Å². The highest BCUT2D eigenvalue weighted by molar-refractivity contribution is 5.92. The lowest BCUT2D eigenvalue weighted by atomic mass is 10.2. The van der Waals surface area contributed by atoms with Crippen LogP contribution in [0.4, 0.5) is 29.1 Å². The molecule has 4 rings (SSSR count). The van der Waals surface area contributed by atoms with E-state index in [0.717, 1.165) is 16.9 Å². The van der Waals surface area contributed by atoms with Crippen LogP contribution in [0.1, 0.15) is 17.1 Å². The van der Waals surface area contributed by atoms with Crippen LogP contribution in [0.5, 0.6) is 0 Å². The Kier molecular flexibility index (Phi) is 5.84. The Morgan fingerprint density at radius 3 is 2.32 bits per heavy atom. The number of nitrogens with one attached hydrogen (secondary N) is 4. The van der Waals surface area contributed by atoms with Crippen LogP contribution in [0.15, 0.2) is 60.7 Å². The van der Waals surface area contributed by atoms with Gasteiger partial charge in [0, 0.05) is 23.1 Å². The van der Waals surface area contributed by atoms with Gasteiger partial charge < -0.3 is 16.0 Å². The molecule has 9 nitrogen and oxygen atoms in total. The van der Waals surface area contributed by atoms with Gasteiger partial charge in [-0.1, -0.05) is 35.9 Å². The highest BCUT2D eigenvalue weighted by Gasteiger charge is 2.10. The summed E-state index contributed by atoms with van der Waals surface area (Å²) in [5.41, 5.74) is 3.44. The van der Waals surface area contributed by atoms with Gasteiger partial charge in [-0.15, -0.1) is 0 Å². The number of hydrogen-bond acceptors (Lipinski definition) is 7. The summed E-state index contributed by atoms with van der Waals surface area (Å²) in [4.78, 5) is 25.3. The summed E-state index contributed by atoms with van der Waals surface area (Å²) in [5, 5.41) is 16.1. The summed E-state index contributed by atoms with van der Waals surface area (Å²) in [6, 6.07) is 19.0. The highest BCUT2D eigenvalue weighted by atomic mass is 16.1. The minimum absolute atomic E-state index is 0.135. The van der Waals surface area contributed by atoms with Crippen molar-refractivity contribution in [1.82, 2.24) is 25.1 Å². The lowest BCUT2D eigenvalue weighted by Gasteiger charge is -2.07. The van der Waals surface area contributed by atoms with Crippen molar-refractivity contribution in [2.45, 2.75) is 20.3 Å². The second-order valence-corrected chi connectivity index (χ2v) is 7.02. The predicted octanol–water partition coefficient (Wildman–Crippen LogP) is 3.88. The minimum Gasteiger partial charge on any atom is -0.326 e. The summed E-state index contributed by atoms with van der Waals surface area (Å²) in [5.74, 6) is 1.71. The van der Waals surface area contributed by atoms with Gasteiger partial charge in [0.05, 0.1) is 6.42 Å². The Balaban J connectivity index is 1.39. The fraction of sp³-hybridized carbons (Fsp3) is 0.136. The van der Waals surface area contributed by atoms with Crippen LogP contribution >= 0.6 is 0 Å². The van der Waals surface area contributed by atoms with Gasteiger partial charge in [-0.2, -0.15) is 20.1 Å². The minimum atomic E-state index is -0.135. The molecule has 0 saturated carbocycles. The molecule has 2 aromatic carbocycles. The lowest BCUT2D eigenvalue weighted by molar-refractivity contribution is -0.115. The first-order chi connectivity index (χ1) is 15.0. The van der Waals surface area contributed by atoms with Crippen molar-refractivity contribution in [3.8, 4) is 0 Å². The van der Waals surface area contributed by atoms with Gasteiger partial charge in [-0.25, -0.2) is 0 Å². The fourth-order valence-electron chi connectivity index (χ4n) is 2.89. The quantitative estimate of drug-likeness (QED) is 0.362. The second-order valence-electron chi connectivity index (χ2n) is 7.02. The van der Waals surface area contributed by atoms with E-state index in [1.54, 1.807) is 13.0 Å². The van der Waals surface area contributed by atoms with E-state index in [-0.39, 0.29) is 12.3 Å². The van der Waals surface area contributed by atoms with Crippen molar-refractivity contribution >= 4 is 35.0 Å². The summed E-state index contributed by atoms with van der Waals surface area (Å²) in [6.07, 6.45) is 0.166. The molecule has 0 radical (unpaired) electrons. The van der Waals surface area contributed by atoms with Gasteiger partial charge in [-0.05, 0) is 38.1 Å². The van der Waals surface area contributed by atoms with Crippen LogP contribution in [-0.2, 0) is 11.2 Å². The van der Waals surface area contributed by atoms with E-state index in [0.29, 0.717) is 29.2 Å². The number of carbonyl (C=O) groups excluding carboxylic acids is 1. The number of aromatic amines is 1. The van der Waals surface area contributed by atoms with E-state index in [4.69, 9.17) is 0 Å². The van der Waals surface area contributed by atoms with Crippen LogP contribution in [0.3, 0.4) is 0 Å². The number of para-hydroxylation sites is 1. The van der Waals surface area contributed by atoms with Crippen molar-refractivity contribution in [3.05, 3.63) is 77.7 Å². The first-order valence-corrected chi connectivity index (χ1v) is 9.76. The molecule has 4 aromatic rings. The molecule has 4 N–H and O–H groups in total. The largest absolute Gasteiger partial charge is 0.326 e. The van der Waals surface area contributed by atoms with Gasteiger partial charge in [0.2, 0.25) is 17.8 Å². The monoisotopic (exact) mass is 414 g/mol. The normalized spacial score (nSPS) is 10.5. The van der Waals surface area contributed by atoms with Crippen molar-refractivity contribution in [2.24, 2.45) is 0 Å². The molecule has 31 heavy (non-hydrogen) atoms. The van der Waals surface area contributed by atoms with Crippen LogP contribution < -0.4 is 16.0 Å². The maximum Gasteiger partial charge on any atom is 0.233 e. The molecular formula is C22H22N8O. The zero-order valence-corrected chi connectivity index (χ0v) is 17.2. The molecule has 0 aliphatic carbocycles. The topological polar surface area (TPSA) is 121 Å². The number of amides is 1. The number of anilines is 5. The summed E-state index contributed by atoms with van der Waals surface area (Å²) in [7, 11) is 0. The lowest BCUT2D eigenvalue weighted by Crippen LogP contribution is -2.14. The van der Waals surface area contributed by atoms with E-state index in [9.17, 15) is 4.79 Å². The number of aromatic nitrogens is 5. The van der Waals surface area contributed by atoms with Crippen LogP contribution in [0, 0.1) is 13.8 Å². The first-order valence-electron chi connectivity index (χ1n) is 9.76. The van der Waals surface area contributed by atoms with Gasteiger partial charge in [-0.3, -0.25) is 9.89 Å². The average Bonchev–Trinajstić information content (AvgIpc) is 3.16. The molecule has 2 aromatic heterocycles. The zero-order valence-electron chi connectivity index (χ0n) is 17.2. The zero-order chi connectivity index (χ0) is 21.6. The Labute approximate surface area is 179 Å². The Morgan fingerprint density at radius 2 is 1.58 bits per heavy atom. The van der Waals surface area contributed by atoms with E-state index >= 15 is 0 Å². The molecule has 0 aliphatic heterocycles. The Morgan fingerprint density at radius 1 is 0.871 bits per heavy atom. The molecule has 0 atom stereocenters. The number of rotatable bonds is 7. The number of carbonyl (C=O) groups is 1. The third-order valence-corrected chi connectivity index (χ3v) is 4.33. The molecule has 9 heteroatoms. The maximum absolute atomic E-state index is 12.3. The van der Waals surface area contributed by atoms with E-state index in [2.05, 4.69) is 41.1 Å². The van der Waals surface area contributed by atoms with E-state index < -0.39 is 0 Å². The molecule has 2 heterocycles. The van der Waals surface area contributed by atoms with Crippen LogP contribution in [0.2, 0.25) is 0 Å². The average molecular weight is 414 g/mol. The van der Waals surface area contributed by atoms with Crippen molar-refractivity contribution in [2.75, 3.05) is 16.0 Å². The Hall–Kier alpha value is -4.27. The molecule has 156 valence electrons. The van der Waals surface area contributed by atoms with Gasteiger partial charge >= 0.3 is 0 Å². The smallest absolute Gasteiger partial charge is 0.233 e. The summed E-state index contributed by atoms with van der Waals surface area (Å²) < 4.78 is 0. The third-order valence-electron chi connectivity index (χ3n) is 4.33. The summed E-state index contributed by atoms with van der Waals surface area (Å²) in [6.45, 7) is 3.79. The fourth-order valence-corrected chi connectivity index (χ4v) is 2.89. The van der Waals surface area contributed by atoms with Crippen molar-refractivity contribution in [1.29, 1.82) is 0 Å². The SMILES string of the molecule is Cc1ccc(NC(=O)Cc2cc(Nc3nc(C)nc(Nc4ccccc4)n3)n[nH]2)cc1. The molecule has 0 spiro atoms. The number of H-pyrrole nitrogens is 1. The first kappa shape index (κ1) is 20.0. The molecule has 0 saturated heterocycles. The molecule has 0 fully saturated rings. The van der Waals surface area contributed by atoms with Crippen molar-refractivity contribution in [3.63, 3.8) is 0 Å². The number of benzene rings is 2.